The second-order valence-corrected chi connectivity index (χ2v) is 5.57. The fourth-order valence-corrected chi connectivity index (χ4v) is 3.11. The monoisotopic (exact) mass is 310 g/mol. The number of hydrogen-bond acceptors (Lipinski definition) is 5. The summed E-state index contributed by atoms with van der Waals surface area (Å²) in [5.74, 6) is 0.414. The number of nitrogens with zero attached hydrogens (tertiary/aromatic N) is 3. The van der Waals surface area contributed by atoms with Crippen LogP contribution in [-0.4, -0.2) is 24.9 Å². The smallest absolute Gasteiger partial charge is 0.348 e. The molecule has 4 rings (SSSR count). The van der Waals surface area contributed by atoms with Gasteiger partial charge in [0.05, 0.1) is 21.5 Å². The van der Waals surface area contributed by atoms with Gasteiger partial charge in [0.2, 0.25) is 0 Å². The molecule has 0 amide bonds. The molecule has 4 aromatic rings. The fraction of sp³-hybridized carbons (Fsp3) is 0. The molecule has 0 aliphatic carbocycles. The highest BCUT2D eigenvalue weighted by Crippen LogP contribution is 2.30. The summed E-state index contributed by atoms with van der Waals surface area (Å²) >= 11 is 1.50. The standard InChI is InChI=1S/C15H10N4O2S/c20-11-6-2-1-4-9(11)14-17-18-15(21)19(14)10-5-3-7-12-13(10)16-8-22-12/h1-8,20H,(H,18,21). The normalized spacial score (nSPS) is 11.1. The first-order valence-electron chi connectivity index (χ1n) is 6.54. The van der Waals surface area contributed by atoms with Crippen molar-refractivity contribution >= 4 is 21.6 Å². The van der Waals surface area contributed by atoms with Gasteiger partial charge in [0.1, 0.15) is 11.3 Å². The third-order valence-corrected chi connectivity index (χ3v) is 4.19. The molecule has 108 valence electrons. The minimum absolute atomic E-state index is 0.0632. The lowest BCUT2D eigenvalue weighted by molar-refractivity contribution is 0.476. The number of benzene rings is 2. The van der Waals surface area contributed by atoms with Gasteiger partial charge in [-0.3, -0.25) is 0 Å². The van der Waals surface area contributed by atoms with Gasteiger partial charge in [0.15, 0.2) is 5.82 Å². The molecular weight excluding hydrogens is 300 g/mol. The van der Waals surface area contributed by atoms with Gasteiger partial charge in [-0.2, -0.15) is 5.10 Å². The predicted octanol–water partition coefficient (Wildman–Crippen LogP) is 2.54. The SMILES string of the molecule is O=c1[nH]nc(-c2ccccc2O)n1-c1cccc2scnc12. The van der Waals surface area contributed by atoms with E-state index in [0.29, 0.717) is 17.1 Å². The molecule has 6 nitrogen and oxygen atoms in total. The Hall–Kier alpha value is -2.93. The minimum Gasteiger partial charge on any atom is -0.507 e. The van der Waals surface area contributed by atoms with Crippen molar-refractivity contribution < 1.29 is 5.11 Å². The van der Waals surface area contributed by atoms with Crippen molar-refractivity contribution in [2.24, 2.45) is 0 Å². The number of phenolic OH excluding ortho intramolecular Hbond substituents is 1. The molecule has 2 aromatic carbocycles. The maximum absolute atomic E-state index is 12.2. The minimum atomic E-state index is -0.376. The third kappa shape index (κ3) is 1.83. The van der Waals surface area contributed by atoms with Gasteiger partial charge in [-0.15, -0.1) is 11.3 Å². The van der Waals surface area contributed by atoms with Crippen LogP contribution in [0.3, 0.4) is 0 Å². The molecule has 0 aliphatic heterocycles. The van der Waals surface area contributed by atoms with E-state index in [1.54, 1.807) is 29.8 Å². The second-order valence-electron chi connectivity index (χ2n) is 4.68. The molecule has 0 fully saturated rings. The molecule has 22 heavy (non-hydrogen) atoms. The summed E-state index contributed by atoms with van der Waals surface area (Å²) in [6, 6.07) is 12.4. The van der Waals surface area contributed by atoms with Crippen LogP contribution < -0.4 is 5.69 Å². The van der Waals surface area contributed by atoms with Crippen LogP contribution in [0.1, 0.15) is 0 Å². The molecule has 0 atom stereocenters. The molecular formula is C15H10N4O2S. The molecule has 0 spiro atoms. The number of nitrogens with one attached hydrogen (secondary N) is 1. The van der Waals surface area contributed by atoms with Crippen molar-refractivity contribution in [2.45, 2.75) is 0 Å². The van der Waals surface area contributed by atoms with Crippen LogP contribution >= 0.6 is 11.3 Å². The summed E-state index contributed by atoms with van der Waals surface area (Å²) in [4.78, 5) is 16.6. The average Bonchev–Trinajstić information content (AvgIpc) is 3.14. The number of aromatic hydroxyl groups is 1. The van der Waals surface area contributed by atoms with Gasteiger partial charge < -0.3 is 5.11 Å². The molecule has 0 radical (unpaired) electrons. The Labute approximate surface area is 128 Å². The maximum atomic E-state index is 12.2. The topological polar surface area (TPSA) is 83.8 Å². The van der Waals surface area contributed by atoms with E-state index in [4.69, 9.17) is 0 Å². The van der Waals surface area contributed by atoms with E-state index in [9.17, 15) is 9.90 Å². The first-order valence-corrected chi connectivity index (χ1v) is 7.42. The third-order valence-electron chi connectivity index (χ3n) is 3.40. The Kier molecular flexibility index (Phi) is 2.80. The molecule has 0 unspecified atom stereocenters. The first kappa shape index (κ1) is 12.8. The van der Waals surface area contributed by atoms with Crippen molar-refractivity contribution in [3.05, 3.63) is 58.5 Å². The summed E-state index contributed by atoms with van der Waals surface area (Å²) in [5, 5.41) is 16.5. The highest BCUT2D eigenvalue weighted by Gasteiger charge is 2.17. The maximum Gasteiger partial charge on any atom is 0.348 e. The van der Waals surface area contributed by atoms with Crippen molar-refractivity contribution in [1.82, 2.24) is 19.7 Å². The number of hydrogen-bond donors (Lipinski definition) is 2. The van der Waals surface area contributed by atoms with Crippen molar-refractivity contribution in [3.8, 4) is 22.8 Å². The summed E-state index contributed by atoms with van der Waals surface area (Å²) in [6.07, 6.45) is 0. The fourth-order valence-electron chi connectivity index (χ4n) is 2.42. The van der Waals surface area contributed by atoms with E-state index in [1.807, 2.05) is 18.2 Å². The number of aromatic nitrogens is 4. The van der Waals surface area contributed by atoms with Gasteiger partial charge in [0.25, 0.3) is 0 Å². The zero-order valence-electron chi connectivity index (χ0n) is 11.2. The molecule has 0 saturated heterocycles. The number of thiazole rings is 1. The van der Waals surface area contributed by atoms with Crippen molar-refractivity contribution in [3.63, 3.8) is 0 Å². The van der Waals surface area contributed by atoms with Gasteiger partial charge in [-0.1, -0.05) is 18.2 Å². The number of phenols is 1. The second kappa shape index (κ2) is 4.81. The summed E-state index contributed by atoms with van der Waals surface area (Å²) < 4.78 is 2.41. The Bertz CT molecular complexity index is 1030. The van der Waals surface area contributed by atoms with Crippen molar-refractivity contribution in [1.29, 1.82) is 0 Å². The first-order chi connectivity index (χ1) is 10.8. The van der Waals surface area contributed by atoms with Crippen molar-refractivity contribution in [2.75, 3.05) is 0 Å². The Morgan fingerprint density at radius 2 is 2.00 bits per heavy atom. The van der Waals surface area contributed by atoms with E-state index in [1.165, 1.54) is 15.9 Å². The average molecular weight is 310 g/mol. The number of rotatable bonds is 2. The van der Waals surface area contributed by atoms with Crippen LogP contribution in [0, 0.1) is 0 Å². The van der Waals surface area contributed by atoms with Gasteiger partial charge >= 0.3 is 5.69 Å². The Morgan fingerprint density at radius 3 is 2.86 bits per heavy atom. The molecule has 2 aromatic heterocycles. The Morgan fingerprint density at radius 1 is 1.14 bits per heavy atom. The number of para-hydroxylation sites is 2. The highest BCUT2D eigenvalue weighted by atomic mass is 32.1. The van der Waals surface area contributed by atoms with Crippen LogP contribution in [0.2, 0.25) is 0 Å². The lowest BCUT2D eigenvalue weighted by atomic mass is 10.2. The zero-order valence-corrected chi connectivity index (χ0v) is 12.0. The van der Waals surface area contributed by atoms with E-state index >= 15 is 0 Å². The van der Waals surface area contributed by atoms with E-state index in [2.05, 4.69) is 15.2 Å². The van der Waals surface area contributed by atoms with Crippen LogP contribution in [0.4, 0.5) is 0 Å². The molecule has 2 N–H and O–H groups in total. The summed E-state index contributed by atoms with van der Waals surface area (Å²) in [7, 11) is 0. The highest BCUT2D eigenvalue weighted by molar-refractivity contribution is 7.16. The molecule has 0 bridgehead atoms. The van der Waals surface area contributed by atoms with Gasteiger partial charge in [-0.25, -0.2) is 19.4 Å². The van der Waals surface area contributed by atoms with E-state index in [-0.39, 0.29) is 11.4 Å². The van der Waals surface area contributed by atoms with E-state index < -0.39 is 0 Å². The van der Waals surface area contributed by atoms with Gasteiger partial charge in [0, 0.05) is 0 Å². The van der Waals surface area contributed by atoms with Crippen LogP contribution in [-0.2, 0) is 0 Å². The molecule has 0 saturated carbocycles. The van der Waals surface area contributed by atoms with E-state index in [0.717, 1.165) is 10.2 Å². The molecule has 0 aliphatic rings. The molecule has 7 heteroatoms. The molecule has 2 heterocycles. The summed E-state index contributed by atoms with van der Waals surface area (Å²) in [5.41, 5.74) is 3.20. The number of fused-ring (bicyclic) bond motifs is 1. The van der Waals surface area contributed by atoms with Crippen LogP contribution in [0.5, 0.6) is 5.75 Å². The van der Waals surface area contributed by atoms with Gasteiger partial charge in [-0.05, 0) is 24.3 Å². The van der Waals surface area contributed by atoms with Crippen LogP contribution in [0.25, 0.3) is 27.3 Å². The zero-order chi connectivity index (χ0) is 15.1. The summed E-state index contributed by atoms with van der Waals surface area (Å²) in [6.45, 7) is 0. The Balaban J connectivity index is 2.05. The quantitative estimate of drug-likeness (QED) is 0.596. The number of H-pyrrole nitrogens is 1. The number of aromatic amines is 1. The van der Waals surface area contributed by atoms with Crippen LogP contribution in [0.15, 0.2) is 52.8 Å². The largest absolute Gasteiger partial charge is 0.507 e. The predicted molar refractivity (Wildman–Crippen MR) is 84.5 cm³/mol. The lowest BCUT2D eigenvalue weighted by Crippen LogP contribution is -2.16. The lowest BCUT2D eigenvalue weighted by Gasteiger charge is -2.07.